The van der Waals surface area contributed by atoms with Crippen molar-refractivity contribution in [2.75, 3.05) is 24.7 Å². The van der Waals surface area contributed by atoms with E-state index in [0.29, 0.717) is 36.2 Å². The summed E-state index contributed by atoms with van der Waals surface area (Å²) in [7, 11) is 4.29. The first-order valence-corrected chi connectivity index (χ1v) is 29.0. The fourth-order valence-electron chi connectivity index (χ4n) is 4.60. The van der Waals surface area contributed by atoms with Gasteiger partial charge in [-0.25, -0.2) is 0 Å². The molecule has 1 aromatic rings. The van der Waals surface area contributed by atoms with E-state index >= 15 is 0 Å². The average molecular weight is 658 g/mol. The third-order valence-electron chi connectivity index (χ3n) is 6.77. The van der Waals surface area contributed by atoms with Crippen molar-refractivity contribution >= 4 is 45.4 Å². The molecule has 0 fully saturated rings. The summed E-state index contributed by atoms with van der Waals surface area (Å²) in [5.41, 5.74) is 3.04. The molecule has 0 saturated carbocycles. The quantitative estimate of drug-likeness (QED) is 0.113. The fourth-order valence-corrected chi connectivity index (χ4v) is 22.2. The predicted octanol–water partition coefficient (Wildman–Crippen LogP) is 8.70. The van der Waals surface area contributed by atoms with E-state index in [1.165, 1.54) is 18.4 Å². The summed E-state index contributed by atoms with van der Waals surface area (Å²) >= 11 is -2.15. The molecule has 0 atom stereocenters. The van der Waals surface area contributed by atoms with Gasteiger partial charge in [0.1, 0.15) is 0 Å². The van der Waals surface area contributed by atoms with Gasteiger partial charge in [-0.3, -0.25) is 0 Å². The van der Waals surface area contributed by atoms with Gasteiger partial charge in [0.2, 0.25) is 0 Å². The molecule has 1 aromatic carbocycles. The number of carbonyl (C=O) groups excluding carboxylic acids is 2. The van der Waals surface area contributed by atoms with Crippen LogP contribution in [0.1, 0.15) is 111 Å². The fraction of sp³-hybridized carbons (Fsp3) is 0.733. The molecule has 1 heterocycles. The molecular formula is C30H50O4S2Sn. The zero-order valence-electron chi connectivity index (χ0n) is 24.2. The standard InChI is InChI=1S/C28H46O4S2.2CH3.Sn/c1-21(2)11-7-5-9-17-31-27(29)25-14-13-23(15-19-33)24(16-20-34)26(25)28(30)32-18-10-6-8-12-22(3)4;;;/h13-14,21-22,33-34H,5-12,15-20H2,1-4H3;2*1H3;/q;;;+2/p-2. The van der Waals surface area contributed by atoms with Crippen molar-refractivity contribution in [3.63, 3.8) is 0 Å². The number of benzene rings is 1. The van der Waals surface area contributed by atoms with Crippen molar-refractivity contribution in [2.24, 2.45) is 11.8 Å². The molecule has 0 amide bonds. The molecule has 7 heteroatoms. The molecule has 0 saturated heterocycles. The summed E-state index contributed by atoms with van der Waals surface area (Å²) in [4.78, 5) is 31.6. The van der Waals surface area contributed by atoms with Crippen LogP contribution in [-0.2, 0) is 22.3 Å². The predicted molar refractivity (Wildman–Crippen MR) is 163 cm³/mol. The molecule has 0 radical (unpaired) electrons. The summed E-state index contributed by atoms with van der Waals surface area (Å²) in [6.45, 7) is 9.73. The van der Waals surface area contributed by atoms with Crippen molar-refractivity contribution in [3.8, 4) is 0 Å². The van der Waals surface area contributed by atoms with E-state index in [2.05, 4.69) is 61.5 Å². The Morgan fingerprint density at radius 2 is 1.32 bits per heavy atom. The molecule has 0 N–H and O–H groups in total. The van der Waals surface area contributed by atoms with Crippen LogP contribution >= 0.6 is 17.9 Å². The Balaban J connectivity index is 2.14. The molecule has 37 heavy (non-hydrogen) atoms. The number of hydrogen-bond donors (Lipinski definition) is 0. The molecule has 0 aromatic heterocycles. The van der Waals surface area contributed by atoms with Crippen LogP contribution in [0.3, 0.4) is 0 Å². The van der Waals surface area contributed by atoms with Crippen molar-refractivity contribution in [3.05, 3.63) is 34.4 Å². The minimum absolute atomic E-state index is 0.357. The van der Waals surface area contributed by atoms with E-state index in [9.17, 15) is 9.59 Å². The van der Waals surface area contributed by atoms with Crippen molar-refractivity contribution in [1.82, 2.24) is 0 Å². The molecule has 0 bridgehead atoms. The number of unbranched alkanes of at least 4 members (excludes halogenated alkanes) is 4. The molecule has 1 aliphatic rings. The van der Waals surface area contributed by atoms with E-state index in [4.69, 9.17) is 9.47 Å². The van der Waals surface area contributed by atoms with E-state index in [1.54, 1.807) is 0 Å². The Morgan fingerprint density at radius 1 is 0.784 bits per heavy atom. The molecule has 0 unspecified atom stereocenters. The number of rotatable bonds is 14. The van der Waals surface area contributed by atoms with Gasteiger partial charge in [-0.15, -0.1) is 0 Å². The van der Waals surface area contributed by atoms with Crippen LogP contribution in [0, 0.1) is 11.8 Å². The van der Waals surface area contributed by atoms with E-state index < -0.39 is 21.6 Å². The average Bonchev–Trinajstić information content (AvgIpc) is 2.90. The first-order chi connectivity index (χ1) is 17.6. The maximum absolute atomic E-state index is 13.4. The minimum atomic E-state index is -2.15. The number of aryl methyl sites for hydroxylation is 1. The van der Waals surface area contributed by atoms with Gasteiger partial charge in [-0.1, -0.05) is 34.1 Å². The molecule has 2 rings (SSSR count). The van der Waals surface area contributed by atoms with Crippen molar-refractivity contribution < 1.29 is 19.1 Å². The number of esters is 2. The Bertz CT molecular complexity index is 854. The number of hydrogen-bond acceptors (Lipinski definition) is 6. The number of ether oxygens (including phenoxy) is 2. The Morgan fingerprint density at radius 3 is 1.89 bits per heavy atom. The molecule has 4 nitrogen and oxygen atoms in total. The van der Waals surface area contributed by atoms with Crippen molar-refractivity contribution in [2.45, 2.75) is 102 Å². The second-order valence-corrected chi connectivity index (χ2v) is 41.2. The van der Waals surface area contributed by atoms with Gasteiger partial charge in [0.25, 0.3) is 0 Å². The second kappa shape index (κ2) is 17.4. The SMILES string of the molecule is CC(C)CCCCCOC(=O)c1ccc2c(c1C(=O)OCCCCCC(C)C)CC[S][Sn]([CH3])([CH3])[S]CC2. The molecule has 0 aliphatic carbocycles. The van der Waals surface area contributed by atoms with Gasteiger partial charge >= 0.3 is 191 Å². The molecular weight excluding hydrogens is 607 g/mol. The van der Waals surface area contributed by atoms with Crippen LogP contribution < -0.4 is 0 Å². The summed E-state index contributed by atoms with van der Waals surface area (Å²) < 4.78 is 11.4. The van der Waals surface area contributed by atoms with Crippen LogP contribution in [0.4, 0.5) is 0 Å². The van der Waals surface area contributed by atoms with Gasteiger partial charge in [0, 0.05) is 0 Å². The normalized spacial score (nSPS) is 15.6. The first kappa shape index (κ1) is 32.9. The zero-order chi connectivity index (χ0) is 27.3. The first-order valence-electron chi connectivity index (χ1n) is 14.4. The number of fused-ring (bicyclic) bond motifs is 1. The van der Waals surface area contributed by atoms with Crippen LogP contribution in [0.25, 0.3) is 0 Å². The monoisotopic (exact) mass is 658 g/mol. The Labute approximate surface area is 236 Å². The topological polar surface area (TPSA) is 52.6 Å². The summed E-state index contributed by atoms with van der Waals surface area (Å²) in [6.07, 6.45) is 10.3. The Kier molecular flexibility index (Phi) is 15.4. The third-order valence-corrected chi connectivity index (χ3v) is 29.1. The third kappa shape index (κ3) is 12.6. The van der Waals surface area contributed by atoms with Gasteiger partial charge in [0.15, 0.2) is 0 Å². The number of carbonyl (C=O) groups is 2. The van der Waals surface area contributed by atoms with Crippen molar-refractivity contribution in [1.29, 1.82) is 0 Å². The maximum atomic E-state index is 13.4. The zero-order valence-corrected chi connectivity index (χ0v) is 28.6. The van der Waals surface area contributed by atoms with E-state index in [0.717, 1.165) is 68.4 Å². The molecule has 210 valence electrons. The second-order valence-electron chi connectivity index (χ2n) is 11.5. The van der Waals surface area contributed by atoms with E-state index in [1.807, 2.05) is 6.07 Å². The van der Waals surface area contributed by atoms with Gasteiger partial charge in [-0.05, 0) is 11.8 Å². The van der Waals surface area contributed by atoms with Gasteiger partial charge < -0.3 is 0 Å². The summed E-state index contributed by atoms with van der Waals surface area (Å²) in [5.74, 6) is 2.72. The van der Waals surface area contributed by atoms with Crippen LogP contribution in [0.5, 0.6) is 0 Å². The van der Waals surface area contributed by atoms with Crippen LogP contribution in [0.15, 0.2) is 12.1 Å². The Hall–Kier alpha value is -0.341. The van der Waals surface area contributed by atoms with E-state index in [-0.39, 0.29) is 5.97 Å². The molecule has 1 aliphatic heterocycles. The van der Waals surface area contributed by atoms with Crippen LogP contribution in [-0.4, -0.2) is 52.3 Å². The van der Waals surface area contributed by atoms with Crippen LogP contribution in [0.2, 0.25) is 9.88 Å². The summed E-state index contributed by atoms with van der Waals surface area (Å²) in [6, 6.07) is 3.86. The van der Waals surface area contributed by atoms with Gasteiger partial charge in [-0.2, -0.15) is 0 Å². The summed E-state index contributed by atoms with van der Waals surface area (Å²) in [5, 5.41) is 0. The molecule has 0 spiro atoms. The van der Waals surface area contributed by atoms with Gasteiger partial charge in [0.05, 0.1) is 0 Å².